The van der Waals surface area contributed by atoms with Gasteiger partial charge in [-0.1, -0.05) is 20.3 Å². The van der Waals surface area contributed by atoms with Crippen LogP contribution in [0.25, 0.3) is 0 Å². The highest BCUT2D eigenvalue weighted by atomic mass is 32.2. The van der Waals surface area contributed by atoms with Crippen molar-refractivity contribution in [1.82, 2.24) is 5.32 Å². The summed E-state index contributed by atoms with van der Waals surface area (Å²) in [6, 6.07) is 0. The highest BCUT2D eigenvalue weighted by Gasteiger charge is 1.98. The van der Waals surface area contributed by atoms with Crippen LogP contribution < -0.4 is 5.32 Å². The Hall–Kier alpha value is 0.310. The number of rotatable bonds is 6. The average molecular weight is 161 g/mol. The van der Waals surface area contributed by atoms with E-state index in [1.54, 1.807) is 0 Å². The summed E-state index contributed by atoms with van der Waals surface area (Å²) in [6.07, 6.45) is 2.68. The van der Waals surface area contributed by atoms with Gasteiger partial charge in [0.15, 0.2) is 0 Å². The van der Waals surface area contributed by atoms with Crippen LogP contribution in [-0.2, 0) is 0 Å². The molecule has 1 nitrogen and oxygen atoms in total. The van der Waals surface area contributed by atoms with Gasteiger partial charge < -0.3 is 5.32 Å². The van der Waals surface area contributed by atoms with Crippen LogP contribution in [-0.4, -0.2) is 24.6 Å². The summed E-state index contributed by atoms with van der Waals surface area (Å²) in [5.41, 5.74) is 0. The van der Waals surface area contributed by atoms with Gasteiger partial charge in [-0.2, -0.15) is 11.8 Å². The van der Waals surface area contributed by atoms with E-state index in [-0.39, 0.29) is 0 Å². The molecule has 0 heterocycles. The van der Waals surface area contributed by atoms with Crippen molar-refractivity contribution in [2.45, 2.75) is 31.9 Å². The van der Waals surface area contributed by atoms with E-state index in [1.165, 1.54) is 18.6 Å². The van der Waals surface area contributed by atoms with Crippen molar-refractivity contribution in [3.05, 3.63) is 0 Å². The summed E-state index contributed by atoms with van der Waals surface area (Å²) in [5.74, 6) is 1.32. The Morgan fingerprint density at radius 2 is 2.20 bits per heavy atom. The fraction of sp³-hybridized carbons (Fsp3) is 1.00. The Bertz CT molecular complexity index is 66.3. The van der Waals surface area contributed by atoms with Crippen LogP contribution in [0.1, 0.15) is 26.7 Å². The van der Waals surface area contributed by atoms with Crippen molar-refractivity contribution in [3.8, 4) is 0 Å². The molecule has 0 saturated heterocycles. The van der Waals surface area contributed by atoms with Gasteiger partial charge in [0.05, 0.1) is 0 Å². The molecule has 0 aromatic rings. The Morgan fingerprint density at radius 3 is 2.70 bits per heavy atom. The maximum atomic E-state index is 3.17. The molecule has 1 N–H and O–H groups in total. The number of hydrogen-bond donors (Lipinski definition) is 1. The molecule has 0 aliphatic rings. The van der Waals surface area contributed by atoms with E-state index in [9.17, 15) is 0 Å². The molecule has 0 rings (SSSR count). The molecule has 0 aromatic heterocycles. The molecule has 0 aliphatic heterocycles. The normalized spacial score (nSPS) is 13.5. The first-order valence-corrected chi connectivity index (χ1v) is 5.12. The van der Waals surface area contributed by atoms with E-state index in [1.807, 2.05) is 7.05 Å². The van der Waals surface area contributed by atoms with E-state index >= 15 is 0 Å². The molecule has 0 amide bonds. The molecular weight excluding hydrogens is 142 g/mol. The van der Waals surface area contributed by atoms with Crippen molar-refractivity contribution in [1.29, 1.82) is 0 Å². The van der Waals surface area contributed by atoms with Crippen LogP contribution in [0.3, 0.4) is 0 Å². The Labute approximate surface area is 69.0 Å². The summed E-state index contributed by atoms with van der Waals surface area (Å²) in [4.78, 5) is 0. The van der Waals surface area contributed by atoms with E-state index in [0.717, 1.165) is 11.8 Å². The van der Waals surface area contributed by atoms with Crippen molar-refractivity contribution in [2.24, 2.45) is 0 Å². The minimum absolute atomic E-state index is 0.775. The molecule has 1 atom stereocenters. The smallest absolute Gasteiger partial charge is 0.0144 e. The average Bonchev–Trinajstić information content (AvgIpc) is 1.89. The molecular formula is C8H19NS. The van der Waals surface area contributed by atoms with Crippen LogP contribution in [0.5, 0.6) is 0 Å². The highest BCUT2D eigenvalue weighted by Crippen LogP contribution is 2.10. The van der Waals surface area contributed by atoms with E-state index in [2.05, 4.69) is 30.9 Å². The second kappa shape index (κ2) is 7.42. The van der Waals surface area contributed by atoms with Gasteiger partial charge in [-0.05, 0) is 19.2 Å². The zero-order valence-corrected chi connectivity index (χ0v) is 8.13. The van der Waals surface area contributed by atoms with Gasteiger partial charge in [-0.25, -0.2) is 0 Å². The summed E-state index contributed by atoms with van der Waals surface area (Å²) < 4.78 is 0. The first kappa shape index (κ1) is 10.3. The zero-order chi connectivity index (χ0) is 7.82. The van der Waals surface area contributed by atoms with Crippen molar-refractivity contribution < 1.29 is 0 Å². The van der Waals surface area contributed by atoms with Gasteiger partial charge in [0.2, 0.25) is 0 Å². The number of unbranched alkanes of at least 4 members (excludes halogenated alkanes) is 1. The monoisotopic (exact) mass is 161 g/mol. The molecule has 1 unspecified atom stereocenters. The summed E-state index contributed by atoms with van der Waals surface area (Å²) in [6.45, 7) is 5.65. The van der Waals surface area contributed by atoms with Crippen LogP contribution in [0, 0.1) is 0 Å². The quantitative estimate of drug-likeness (QED) is 0.599. The molecule has 0 fully saturated rings. The van der Waals surface area contributed by atoms with Crippen LogP contribution >= 0.6 is 11.8 Å². The minimum atomic E-state index is 0.775. The van der Waals surface area contributed by atoms with E-state index in [4.69, 9.17) is 0 Å². The second-order valence-electron chi connectivity index (χ2n) is 2.59. The fourth-order valence-electron chi connectivity index (χ4n) is 0.775. The van der Waals surface area contributed by atoms with E-state index in [0.29, 0.717) is 0 Å². The first-order valence-electron chi connectivity index (χ1n) is 4.07. The van der Waals surface area contributed by atoms with Crippen LogP contribution in [0.15, 0.2) is 0 Å². The van der Waals surface area contributed by atoms with Crippen molar-refractivity contribution >= 4 is 11.8 Å². The van der Waals surface area contributed by atoms with Crippen molar-refractivity contribution in [3.63, 3.8) is 0 Å². The Kier molecular flexibility index (Phi) is 7.65. The summed E-state index contributed by atoms with van der Waals surface area (Å²) in [5, 5.41) is 3.95. The SMILES string of the molecule is CCCCSC(C)CNC. The lowest BCUT2D eigenvalue weighted by Crippen LogP contribution is -2.18. The third kappa shape index (κ3) is 6.43. The van der Waals surface area contributed by atoms with Crippen LogP contribution in [0.2, 0.25) is 0 Å². The molecule has 10 heavy (non-hydrogen) atoms. The third-order valence-electron chi connectivity index (χ3n) is 1.39. The predicted molar refractivity (Wildman–Crippen MR) is 50.8 cm³/mol. The molecule has 0 bridgehead atoms. The first-order chi connectivity index (χ1) is 4.81. The third-order valence-corrected chi connectivity index (χ3v) is 2.65. The Balaban J connectivity index is 2.97. The maximum Gasteiger partial charge on any atom is 0.0144 e. The number of thioether (sulfide) groups is 1. The molecule has 0 radical (unpaired) electrons. The predicted octanol–water partition coefficient (Wildman–Crippen LogP) is 2.13. The number of nitrogens with one attached hydrogen (secondary N) is 1. The topological polar surface area (TPSA) is 12.0 Å². The lowest BCUT2D eigenvalue weighted by Gasteiger charge is -2.08. The second-order valence-corrected chi connectivity index (χ2v) is 4.14. The van der Waals surface area contributed by atoms with E-state index < -0.39 is 0 Å². The fourth-order valence-corrected chi connectivity index (χ4v) is 1.92. The van der Waals surface area contributed by atoms with Gasteiger partial charge in [0.1, 0.15) is 0 Å². The lowest BCUT2D eigenvalue weighted by atomic mass is 10.4. The molecule has 0 saturated carbocycles. The van der Waals surface area contributed by atoms with Gasteiger partial charge in [0.25, 0.3) is 0 Å². The van der Waals surface area contributed by atoms with Gasteiger partial charge in [-0.3, -0.25) is 0 Å². The molecule has 0 aromatic carbocycles. The van der Waals surface area contributed by atoms with Gasteiger partial charge in [0, 0.05) is 11.8 Å². The minimum Gasteiger partial charge on any atom is -0.319 e. The lowest BCUT2D eigenvalue weighted by molar-refractivity contribution is 0.782. The van der Waals surface area contributed by atoms with Crippen molar-refractivity contribution in [2.75, 3.05) is 19.3 Å². The zero-order valence-electron chi connectivity index (χ0n) is 7.31. The largest absolute Gasteiger partial charge is 0.319 e. The Morgan fingerprint density at radius 1 is 1.50 bits per heavy atom. The standard InChI is InChI=1S/C8H19NS/c1-4-5-6-10-8(2)7-9-3/h8-9H,4-7H2,1-3H3. The number of hydrogen-bond acceptors (Lipinski definition) is 2. The summed E-state index contributed by atoms with van der Waals surface area (Å²) >= 11 is 2.06. The van der Waals surface area contributed by atoms with Gasteiger partial charge in [-0.15, -0.1) is 0 Å². The van der Waals surface area contributed by atoms with Crippen LogP contribution in [0.4, 0.5) is 0 Å². The maximum absolute atomic E-state index is 3.17. The highest BCUT2D eigenvalue weighted by molar-refractivity contribution is 7.99. The molecule has 0 spiro atoms. The summed E-state index contributed by atoms with van der Waals surface area (Å²) in [7, 11) is 2.01. The molecule has 0 aliphatic carbocycles. The molecule has 2 heteroatoms. The van der Waals surface area contributed by atoms with Gasteiger partial charge >= 0.3 is 0 Å². The molecule has 62 valence electrons.